The number of carbonyl (C=O) groups is 1. The maximum atomic E-state index is 10.8. The number of aliphatic carboxylic acids is 1. The van der Waals surface area contributed by atoms with E-state index in [2.05, 4.69) is 11.0 Å². The molecule has 6 nitrogen and oxygen atoms in total. The third kappa shape index (κ3) is 4.74. The molecule has 0 spiro atoms. The molecule has 1 saturated heterocycles. The fourth-order valence-corrected chi connectivity index (χ4v) is 2.28. The molecule has 0 aliphatic carbocycles. The summed E-state index contributed by atoms with van der Waals surface area (Å²) in [6.45, 7) is 2.91. The summed E-state index contributed by atoms with van der Waals surface area (Å²) in [4.78, 5) is 12.9. The monoisotopic (exact) mass is 290 g/mol. The van der Waals surface area contributed by atoms with E-state index < -0.39 is 5.97 Å². The lowest BCUT2D eigenvalue weighted by Crippen LogP contribution is -2.47. The van der Waals surface area contributed by atoms with Crippen LogP contribution in [0.25, 0.3) is 0 Å². The van der Waals surface area contributed by atoms with E-state index in [0.717, 1.165) is 0 Å². The average molecular weight is 290 g/mol. The zero-order valence-electron chi connectivity index (χ0n) is 11.7. The van der Waals surface area contributed by atoms with Gasteiger partial charge < -0.3 is 14.6 Å². The molecule has 1 aliphatic heterocycles. The molecule has 0 radical (unpaired) electrons. The molecule has 6 heteroatoms. The van der Waals surface area contributed by atoms with Crippen molar-refractivity contribution in [3.63, 3.8) is 0 Å². The van der Waals surface area contributed by atoms with Gasteiger partial charge in [0.15, 0.2) is 0 Å². The molecule has 1 atom stereocenters. The molecular weight excluding hydrogens is 272 g/mol. The number of carboxylic acids is 1. The maximum Gasteiger partial charge on any atom is 0.305 e. The van der Waals surface area contributed by atoms with E-state index in [-0.39, 0.29) is 12.5 Å². The first-order valence-electron chi connectivity index (χ1n) is 6.85. The summed E-state index contributed by atoms with van der Waals surface area (Å²) >= 11 is 0. The van der Waals surface area contributed by atoms with Crippen LogP contribution in [-0.2, 0) is 9.53 Å². The van der Waals surface area contributed by atoms with Crippen molar-refractivity contribution < 1.29 is 19.4 Å². The van der Waals surface area contributed by atoms with Crippen LogP contribution in [-0.4, -0.2) is 54.9 Å². The van der Waals surface area contributed by atoms with Gasteiger partial charge in [-0.2, -0.15) is 5.26 Å². The molecule has 1 aromatic rings. The van der Waals surface area contributed by atoms with Crippen LogP contribution < -0.4 is 4.74 Å². The fraction of sp³-hybridized carbons (Fsp3) is 0.467. The van der Waals surface area contributed by atoms with Crippen LogP contribution in [0, 0.1) is 11.3 Å². The van der Waals surface area contributed by atoms with Crippen LogP contribution in [0.2, 0.25) is 0 Å². The number of hydrogen-bond acceptors (Lipinski definition) is 5. The van der Waals surface area contributed by atoms with Gasteiger partial charge in [-0.3, -0.25) is 9.69 Å². The number of morpholine rings is 1. The minimum atomic E-state index is -0.816. The number of nitrogens with zero attached hydrogens (tertiary/aromatic N) is 2. The molecule has 0 aromatic heterocycles. The van der Waals surface area contributed by atoms with Crippen molar-refractivity contribution in [1.82, 2.24) is 4.90 Å². The van der Waals surface area contributed by atoms with Crippen LogP contribution >= 0.6 is 0 Å². The van der Waals surface area contributed by atoms with Crippen LogP contribution in [0.3, 0.4) is 0 Å². The summed E-state index contributed by atoms with van der Waals surface area (Å²) < 4.78 is 10.9. The van der Waals surface area contributed by atoms with E-state index >= 15 is 0 Å². The Kier molecular flexibility index (Phi) is 5.55. The molecule has 21 heavy (non-hydrogen) atoms. The van der Waals surface area contributed by atoms with Crippen LogP contribution in [0.1, 0.15) is 12.0 Å². The van der Waals surface area contributed by atoms with E-state index in [9.17, 15) is 4.79 Å². The minimum Gasteiger partial charge on any atom is -0.492 e. The molecule has 1 aromatic carbocycles. The van der Waals surface area contributed by atoms with Crippen molar-refractivity contribution in [2.45, 2.75) is 12.5 Å². The predicted octanol–water partition coefficient (Wildman–Crippen LogP) is 1.11. The molecule has 1 unspecified atom stereocenters. The SMILES string of the molecule is N#Cc1ccc(OCCN2CCOCC2CC(=O)O)cc1. The lowest BCUT2D eigenvalue weighted by molar-refractivity contribution is -0.140. The lowest BCUT2D eigenvalue weighted by atomic mass is 10.1. The Bertz CT molecular complexity index is 509. The Labute approximate surface area is 123 Å². The van der Waals surface area contributed by atoms with Gasteiger partial charge >= 0.3 is 5.97 Å². The van der Waals surface area contributed by atoms with Gasteiger partial charge in [0, 0.05) is 19.1 Å². The number of benzene rings is 1. The molecule has 1 fully saturated rings. The van der Waals surface area contributed by atoms with Crippen LogP contribution in [0.5, 0.6) is 5.75 Å². The third-order valence-electron chi connectivity index (χ3n) is 3.39. The van der Waals surface area contributed by atoms with Gasteiger partial charge in [-0.15, -0.1) is 0 Å². The quantitative estimate of drug-likeness (QED) is 0.845. The standard InChI is InChI=1S/C15H18N2O4/c16-10-12-1-3-14(4-2-12)21-8-6-17-5-7-20-11-13(17)9-15(18)19/h1-4,13H,5-9,11H2,(H,18,19). The van der Waals surface area contributed by atoms with Gasteiger partial charge in [-0.1, -0.05) is 0 Å². The van der Waals surface area contributed by atoms with Crippen molar-refractivity contribution in [2.24, 2.45) is 0 Å². The number of nitriles is 1. The molecule has 112 valence electrons. The average Bonchev–Trinajstić information content (AvgIpc) is 2.49. The molecule has 1 aliphatic rings. The lowest BCUT2D eigenvalue weighted by Gasteiger charge is -2.34. The predicted molar refractivity (Wildman–Crippen MR) is 75.1 cm³/mol. The van der Waals surface area contributed by atoms with Gasteiger partial charge in [0.25, 0.3) is 0 Å². The molecule has 0 amide bonds. The summed E-state index contributed by atoms with van der Waals surface area (Å²) in [6, 6.07) is 8.88. The van der Waals surface area contributed by atoms with E-state index in [4.69, 9.17) is 19.8 Å². The normalized spacial score (nSPS) is 18.9. The van der Waals surface area contributed by atoms with Crippen LogP contribution in [0.4, 0.5) is 0 Å². The first-order chi connectivity index (χ1) is 10.2. The van der Waals surface area contributed by atoms with Crippen LogP contribution in [0.15, 0.2) is 24.3 Å². The van der Waals surface area contributed by atoms with Crippen molar-refractivity contribution in [3.05, 3.63) is 29.8 Å². The molecule has 1 N–H and O–H groups in total. The highest BCUT2D eigenvalue weighted by Gasteiger charge is 2.24. The smallest absolute Gasteiger partial charge is 0.305 e. The zero-order chi connectivity index (χ0) is 15.1. The minimum absolute atomic E-state index is 0.0802. The highest BCUT2D eigenvalue weighted by molar-refractivity contribution is 5.67. The Hall–Kier alpha value is -2.10. The van der Waals surface area contributed by atoms with E-state index in [1.165, 1.54) is 0 Å². The number of carboxylic acid groups (broad SMARTS) is 1. The summed E-state index contributed by atoms with van der Waals surface area (Å²) in [5.74, 6) is -0.111. The maximum absolute atomic E-state index is 10.8. The Morgan fingerprint density at radius 3 is 2.90 bits per heavy atom. The van der Waals surface area contributed by atoms with E-state index in [0.29, 0.717) is 44.2 Å². The summed E-state index contributed by atoms with van der Waals surface area (Å²) in [5.41, 5.74) is 0.594. The van der Waals surface area contributed by atoms with Gasteiger partial charge in [0.2, 0.25) is 0 Å². The van der Waals surface area contributed by atoms with E-state index in [1.54, 1.807) is 24.3 Å². The second-order valence-corrected chi connectivity index (χ2v) is 4.85. The molecular formula is C15H18N2O4. The van der Waals surface area contributed by atoms with Crippen molar-refractivity contribution in [1.29, 1.82) is 5.26 Å². The summed E-state index contributed by atoms with van der Waals surface area (Å²) in [5, 5.41) is 17.6. The fourth-order valence-electron chi connectivity index (χ4n) is 2.28. The summed E-state index contributed by atoms with van der Waals surface area (Å²) in [6.07, 6.45) is 0.0802. The second-order valence-electron chi connectivity index (χ2n) is 4.85. The number of hydrogen-bond donors (Lipinski definition) is 1. The summed E-state index contributed by atoms with van der Waals surface area (Å²) in [7, 11) is 0. The first-order valence-corrected chi connectivity index (χ1v) is 6.85. The zero-order valence-corrected chi connectivity index (χ0v) is 11.7. The van der Waals surface area contributed by atoms with Crippen molar-refractivity contribution in [3.8, 4) is 11.8 Å². The Morgan fingerprint density at radius 2 is 2.24 bits per heavy atom. The molecule has 2 rings (SSSR count). The third-order valence-corrected chi connectivity index (χ3v) is 3.39. The van der Waals surface area contributed by atoms with Crippen molar-refractivity contribution in [2.75, 3.05) is 32.9 Å². The number of rotatable bonds is 6. The highest BCUT2D eigenvalue weighted by atomic mass is 16.5. The molecule has 0 saturated carbocycles. The molecule has 0 bridgehead atoms. The van der Waals surface area contributed by atoms with Gasteiger partial charge in [0.05, 0.1) is 31.3 Å². The second kappa shape index (κ2) is 7.62. The molecule has 1 heterocycles. The Morgan fingerprint density at radius 1 is 1.48 bits per heavy atom. The highest BCUT2D eigenvalue weighted by Crippen LogP contribution is 2.13. The first kappa shape index (κ1) is 15.3. The largest absolute Gasteiger partial charge is 0.492 e. The topological polar surface area (TPSA) is 82.8 Å². The van der Waals surface area contributed by atoms with Gasteiger partial charge in [-0.05, 0) is 24.3 Å². The van der Waals surface area contributed by atoms with Crippen molar-refractivity contribution >= 4 is 5.97 Å². The number of ether oxygens (including phenoxy) is 2. The Balaban J connectivity index is 1.80. The van der Waals surface area contributed by atoms with E-state index in [1.807, 2.05) is 0 Å². The van der Waals surface area contributed by atoms with Gasteiger partial charge in [0.1, 0.15) is 12.4 Å². The van der Waals surface area contributed by atoms with Gasteiger partial charge in [-0.25, -0.2) is 0 Å².